The maximum Gasteiger partial charge on any atom is 0.337 e. The molecule has 33 heavy (non-hydrogen) atoms. The monoisotopic (exact) mass is 465 g/mol. The van der Waals surface area contributed by atoms with Crippen LogP contribution < -0.4 is 20.9 Å². The number of ether oxygens (including phenoxy) is 1. The van der Waals surface area contributed by atoms with E-state index in [0.29, 0.717) is 23.8 Å². The number of carbonyl (C=O) groups excluding carboxylic acids is 1. The van der Waals surface area contributed by atoms with Gasteiger partial charge in [0.25, 0.3) is 0 Å². The van der Waals surface area contributed by atoms with Crippen LogP contribution in [0.2, 0.25) is 5.15 Å². The molecule has 0 aliphatic rings. The number of anilines is 2. The Morgan fingerprint density at radius 2 is 1.88 bits per heavy atom. The SMILES string of the molecule is CCOc1ccc(-c2cc(NC(=O)NNc3cc(C)c4c(C)nn(C)c4n3)cc(Cl)n2)cc1. The summed E-state index contributed by atoms with van der Waals surface area (Å²) >= 11 is 6.19. The second kappa shape index (κ2) is 9.33. The number of pyridine rings is 2. The lowest BCUT2D eigenvalue weighted by Gasteiger charge is -2.12. The topological polar surface area (TPSA) is 106 Å². The molecule has 3 aromatic heterocycles. The van der Waals surface area contributed by atoms with Gasteiger partial charge in [0.05, 0.1) is 18.0 Å². The zero-order chi connectivity index (χ0) is 23.5. The van der Waals surface area contributed by atoms with Gasteiger partial charge < -0.3 is 10.1 Å². The number of fused-ring (bicyclic) bond motifs is 1. The molecule has 0 unspecified atom stereocenters. The molecule has 3 N–H and O–H groups in total. The quantitative estimate of drug-likeness (QED) is 0.277. The molecular weight excluding hydrogens is 442 g/mol. The molecule has 0 spiro atoms. The normalized spacial score (nSPS) is 10.8. The molecule has 0 saturated heterocycles. The van der Waals surface area contributed by atoms with Crippen LogP contribution in [-0.2, 0) is 7.05 Å². The first-order valence-electron chi connectivity index (χ1n) is 10.4. The molecule has 3 heterocycles. The van der Waals surface area contributed by atoms with Crippen molar-refractivity contribution >= 4 is 40.2 Å². The number of urea groups is 1. The maximum atomic E-state index is 12.5. The summed E-state index contributed by atoms with van der Waals surface area (Å²) in [6.07, 6.45) is 0. The molecule has 0 fully saturated rings. The van der Waals surface area contributed by atoms with Crippen molar-refractivity contribution in [2.45, 2.75) is 20.8 Å². The largest absolute Gasteiger partial charge is 0.494 e. The molecule has 1 aromatic carbocycles. The molecule has 10 heteroatoms. The highest BCUT2D eigenvalue weighted by Crippen LogP contribution is 2.26. The van der Waals surface area contributed by atoms with Gasteiger partial charge >= 0.3 is 6.03 Å². The molecule has 0 saturated carbocycles. The molecule has 0 bridgehead atoms. The summed E-state index contributed by atoms with van der Waals surface area (Å²) in [6.45, 7) is 6.44. The van der Waals surface area contributed by atoms with Crippen LogP contribution in [0.25, 0.3) is 22.3 Å². The third-order valence-electron chi connectivity index (χ3n) is 4.98. The number of hydrogen-bond acceptors (Lipinski definition) is 6. The molecule has 4 rings (SSSR count). The fraction of sp³-hybridized carbons (Fsp3) is 0.217. The number of benzene rings is 1. The summed E-state index contributed by atoms with van der Waals surface area (Å²) in [6, 6.07) is 12.2. The molecule has 9 nitrogen and oxygen atoms in total. The molecule has 0 radical (unpaired) electrons. The maximum absolute atomic E-state index is 12.5. The van der Waals surface area contributed by atoms with Gasteiger partial charge in [0.2, 0.25) is 0 Å². The number of hydrogen-bond donors (Lipinski definition) is 3. The summed E-state index contributed by atoms with van der Waals surface area (Å²) < 4.78 is 7.18. The van der Waals surface area contributed by atoms with Crippen LogP contribution in [0.5, 0.6) is 5.75 Å². The van der Waals surface area contributed by atoms with Crippen molar-refractivity contribution in [3.8, 4) is 17.0 Å². The van der Waals surface area contributed by atoms with E-state index < -0.39 is 6.03 Å². The van der Waals surface area contributed by atoms with Gasteiger partial charge in [-0.25, -0.2) is 14.8 Å². The van der Waals surface area contributed by atoms with Gasteiger partial charge in [0, 0.05) is 23.7 Å². The predicted molar refractivity (Wildman–Crippen MR) is 130 cm³/mol. The Balaban J connectivity index is 1.45. The second-order valence-electron chi connectivity index (χ2n) is 7.46. The van der Waals surface area contributed by atoms with Crippen molar-refractivity contribution in [1.82, 2.24) is 25.2 Å². The van der Waals surface area contributed by atoms with Crippen LogP contribution >= 0.6 is 11.6 Å². The molecule has 2 amide bonds. The van der Waals surface area contributed by atoms with Gasteiger partial charge in [-0.3, -0.25) is 15.5 Å². The van der Waals surface area contributed by atoms with E-state index in [2.05, 4.69) is 31.2 Å². The van der Waals surface area contributed by atoms with Gasteiger partial charge in [-0.2, -0.15) is 5.10 Å². The highest BCUT2D eigenvalue weighted by Gasteiger charge is 2.12. The van der Waals surface area contributed by atoms with Crippen molar-refractivity contribution in [1.29, 1.82) is 0 Å². The first-order chi connectivity index (χ1) is 15.8. The summed E-state index contributed by atoms with van der Waals surface area (Å²) in [7, 11) is 1.83. The zero-order valence-corrected chi connectivity index (χ0v) is 19.5. The number of carbonyl (C=O) groups is 1. The average Bonchev–Trinajstić information content (AvgIpc) is 3.06. The Kier molecular flexibility index (Phi) is 6.32. The van der Waals surface area contributed by atoms with E-state index in [0.717, 1.165) is 33.6 Å². The number of nitrogens with one attached hydrogen (secondary N) is 3. The van der Waals surface area contributed by atoms with E-state index in [-0.39, 0.29) is 5.15 Å². The lowest BCUT2D eigenvalue weighted by Crippen LogP contribution is -2.34. The predicted octanol–water partition coefficient (Wildman–Crippen LogP) is 4.85. The standard InChI is InChI=1S/C23H24ClN7O2/c1-5-33-17-8-6-15(7-9-17)18-11-16(12-19(24)26-18)25-23(32)29-28-20-10-13(2)21-14(3)30-31(4)22(21)27-20/h6-12H,5H2,1-4H3,(H,27,28)(H2,25,26,29,32). The van der Waals surface area contributed by atoms with Crippen LogP contribution in [0, 0.1) is 13.8 Å². The van der Waals surface area contributed by atoms with Crippen LogP contribution in [0.1, 0.15) is 18.2 Å². The third-order valence-corrected chi connectivity index (χ3v) is 5.18. The lowest BCUT2D eigenvalue weighted by atomic mass is 10.1. The number of hydrazine groups is 1. The summed E-state index contributed by atoms with van der Waals surface area (Å²) in [4.78, 5) is 21.3. The Morgan fingerprint density at radius 1 is 1.12 bits per heavy atom. The number of aromatic nitrogens is 4. The smallest absolute Gasteiger partial charge is 0.337 e. The third kappa shape index (κ3) is 4.98. The molecule has 0 atom stereocenters. The van der Waals surface area contributed by atoms with Crippen LogP contribution in [0.4, 0.5) is 16.3 Å². The minimum Gasteiger partial charge on any atom is -0.494 e. The molecule has 0 aliphatic heterocycles. The van der Waals surface area contributed by atoms with E-state index >= 15 is 0 Å². The van der Waals surface area contributed by atoms with Crippen LogP contribution in [-0.4, -0.2) is 32.4 Å². The van der Waals surface area contributed by atoms with E-state index in [9.17, 15) is 4.79 Å². The summed E-state index contributed by atoms with van der Waals surface area (Å²) in [5, 5.41) is 8.42. The number of nitrogens with zero attached hydrogens (tertiary/aromatic N) is 4. The number of halogens is 1. The Bertz CT molecular complexity index is 1320. The molecule has 4 aromatic rings. The van der Waals surface area contributed by atoms with Gasteiger partial charge in [-0.15, -0.1) is 0 Å². The highest BCUT2D eigenvalue weighted by molar-refractivity contribution is 6.29. The van der Waals surface area contributed by atoms with Crippen molar-refractivity contribution in [2.75, 3.05) is 17.3 Å². The summed E-state index contributed by atoms with van der Waals surface area (Å²) in [5.74, 6) is 1.27. The zero-order valence-electron chi connectivity index (χ0n) is 18.7. The first kappa shape index (κ1) is 22.3. The fourth-order valence-corrected chi connectivity index (χ4v) is 3.82. The minimum absolute atomic E-state index is 0.263. The van der Waals surface area contributed by atoms with Crippen LogP contribution in [0.15, 0.2) is 42.5 Å². The van der Waals surface area contributed by atoms with E-state index in [1.54, 1.807) is 16.8 Å². The Labute approximate surface area is 196 Å². The van der Waals surface area contributed by atoms with Crippen molar-refractivity contribution in [3.63, 3.8) is 0 Å². The Morgan fingerprint density at radius 3 is 2.61 bits per heavy atom. The van der Waals surface area contributed by atoms with Crippen molar-refractivity contribution < 1.29 is 9.53 Å². The average molecular weight is 466 g/mol. The lowest BCUT2D eigenvalue weighted by molar-refractivity contribution is 0.254. The van der Waals surface area contributed by atoms with Gasteiger partial charge in [-0.1, -0.05) is 11.6 Å². The fourth-order valence-electron chi connectivity index (χ4n) is 3.61. The minimum atomic E-state index is -0.476. The van der Waals surface area contributed by atoms with E-state index in [1.807, 2.05) is 58.2 Å². The van der Waals surface area contributed by atoms with Crippen LogP contribution in [0.3, 0.4) is 0 Å². The summed E-state index contributed by atoms with van der Waals surface area (Å²) in [5.41, 5.74) is 10.1. The Hall–Kier alpha value is -3.85. The van der Waals surface area contributed by atoms with Gasteiger partial charge in [-0.05, 0) is 68.8 Å². The molecule has 170 valence electrons. The highest BCUT2D eigenvalue weighted by atomic mass is 35.5. The van der Waals surface area contributed by atoms with Crippen molar-refractivity contribution in [2.24, 2.45) is 7.05 Å². The number of aryl methyl sites for hydroxylation is 3. The molecule has 0 aliphatic carbocycles. The second-order valence-corrected chi connectivity index (χ2v) is 7.84. The number of amides is 2. The van der Waals surface area contributed by atoms with Crippen molar-refractivity contribution in [3.05, 3.63) is 58.9 Å². The van der Waals surface area contributed by atoms with Gasteiger partial charge in [0.15, 0.2) is 5.65 Å². The number of rotatable bonds is 6. The molecular formula is C23H24ClN7O2. The van der Waals surface area contributed by atoms with E-state index in [4.69, 9.17) is 16.3 Å². The van der Waals surface area contributed by atoms with Gasteiger partial charge in [0.1, 0.15) is 16.7 Å². The first-order valence-corrected chi connectivity index (χ1v) is 10.8. The van der Waals surface area contributed by atoms with E-state index in [1.165, 1.54) is 0 Å².